The maximum absolute atomic E-state index is 2.53. The van der Waals surface area contributed by atoms with Crippen molar-refractivity contribution in [2.75, 3.05) is 16.3 Å². The van der Waals surface area contributed by atoms with Crippen LogP contribution in [0.1, 0.15) is 25.0 Å². The molecule has 67 heavy (non-hydrogen) atoms. The summed E-state index contributed by atoms with van der Waals surface area (Å²) in [4.78, 5) is 5.01. The molecule has 2 heterocycles. The highest BCUT2D eigenvalue weighted by atomic mass is 15.1. The van der Waals surface area contributed by atoms with Gasteiger partial charge in [0.1, 0.15) is 0 Å². The van der Waals surface area contributed by atoms with E-state index in [0.29, 0.717) is 0 Å². The summed E-state index contributed by atoms with van der Waals surface area (Å²) in [7, 11) is 0. The summed E-state index contributed by atoms with van der Waals surface area (Å²) >= 11 is 0. The molecule has 0 saturated heterocycles. The highest BCUT2D eigenvalue weighted by Crippen LogP contribution is 2.55. The molecule has 3 nitrogen and oxygen atoms in total. The Kier molecular flexibility index (Phi) is 9.11. The van der Waals surface area contributed by atoms with E-state index < -0.39 is 0 Å². The van der Waals surface area contributed by atoms with Gasteiger partial charge in [-0.2, -0.15) is 0 Å². The summed E-state index contributed by atoms with van der Waals surface area (Å²) in [5.41, 5.74) is 19.7. The lowest BCUT2D eigenvalue weighted by atomic mass is 9.37. The van der Waals surface area contributed by atoms with Gasteiger partial charge in [-0.1, -0.05) is 182 Å². The zero-order valence-corrected chi connectivity index (χ0v) is 37.8. The van der Waals surface area contributed by atoms with Crippen LogP contribution in [0.25, 0.3) is 60.5 Å². The molecule has 0 fully saturated rings. The van der Waals surface area contributed by atoms with E-state index in [1.165, 1.54) is 88.3 Å². The third-order valence-electron chi connectivity index (χ3n) is 14.8. The molecule has 1 aliphatic heterocycles. The van der Waals surface area contributed by atoms with Crippen LogP contribution in [0.2, 0.25) is 6.32 Å². The first-order valence-corrected chi connectivity index (χ1v) is 23.7. The molecule has 318 valence electrons. The molecule has 0 atom stereocenters. The van der Waals surface area contributed by atoms with Gasteiger partial charge in [-0.15, -0.1) is 0 Å². The molecule has 0 N–H and O–H groups in total. The molecular weight excluding hydrogens is 810 g/mol. The van der Waals surface area contributed by atoms with Gasteiger partial charge in [0, 0.05) is 56.9 Å². The van der Waals surface area contributed by atoms with Crippen molar-refractivity contribution in [3.05, 3.63) is 242 Å². The van der Waals surface area contributed by atoms with Gasteiger partial charge < -0.3 is 14.4 Å². The topological polar surface area (TPSA) is 11.4 Å². The lowest BCUT2D eigenvalue weighted by Gasteiger charge is -2.35. The predicted molar refractivity (Wildman–Crippen MR) is 286 cm³/mol. The van der Waals surface area contributed by atoms with Gasteiger partial charge in [0.15, 0.2) is 0 Å². The van der Waals surface area contributed by atoms with Crippen LogP contribution < -0.4 is 20.7 Å². The van der Waals surface area contributed by atoms with Gasteiger partial charge in [-0.05, 0) is 123 Å². The molecule has 0 radical (unpaired) electrons. The molecule has 2 aliphatic rings. The first-order chi connectivity index (χ1) is 33.0. The quantitative estimate of drug-likeness (QED) is 0.148. The molecule has 1 aromatic heterocycles. The molecule has 11 aromatic rings. The zero-order valence-electron chi connectivity index (χ0n) is 37.8. The number of nitrogens with zero attached hydrogens (tertiary/aromatic N) is 3. The molecule has 1 aliphatic carbocycles. The predicted octanol–water partition coefficient (Wildman–Crippen LogP) is 15.1. The first kappa shape index (κ1) is 39.3. The third kappa shape index (κ3) is 6.35. The second-order valence-electron chi connectivity index (χ2n) is 18.9. The van der Waals surface area contributed by atoms with Crippen LogP contribution in [0.5, 0.6) is 0 Å². The summed E-state index contributed by atoms with van der Waals surface area (Å²) in [6.07, 6.45) is 1.03. The fraction of sp³-hybridized carbons (Fsp3) is 0.0794. The lowest BCUT2D eigenvalue weighted by Crippen LogP contribution is -2.50. The van der Waals surface area contributed by atoms with E-state index >= 15 is 0 Å². The van der Waals surface area contributed by atoms with Crippen molar-refractivity contribution in [1.29, 1.82) is 0 Å². The van der Waals surface area contributed by atoms with Crippen LogP contribution in [0.15, 0.2) is 231 Å². The number of hydrogen-bond acceptors (Lipinski definition) is 2. The average molecular weight is 858 g/mol. The van der Waals surface area contributed by atoms with E-state index in [2.05, 4.69) is 259 Å². The Morgan fingerprint density at radius 3 is 1.91 bits per heavy atom. The van der Waals surface area contributed by atoms with Crippen molar-refractivity contribution in [2.24, 2.45) is 0 Å². The summed E-state index contributed by atoms with van der Waals surface area (Å²) < 4.78 is 2.43. The molecule has 10 aromatic carbocycles. The van der Waals surface area contributed by atoms with Crippen LogP contribution in [-0.4, -0.2) is 17.8 Å². The van der Waals surface area contributed by atoms with E-state index in [0.717, 1.165) is 35.6 Å². The molecule has 0 spiro atoms. The van der Waals surface area contributed by atoms with Crippen molar-refractivity contribution in [1.82, 2.24) is 4.57 Å². The minimum atomic E-state index is -0.235. The Bertz CT molecular complexity index is 3650. The average Bonchev–Trinajstić information content (AvgIpc) is 3.84. The highest BCUT2D eigenvalue weighted by Gasteiger charge is 2.39. The smallest absolute Gasteiger partial charge is 0.213 e. The number of aromatic nitrogens is 1. The van der Waals surface area contributed by atoms with E-state index in [-0.39, 0.29) is 12.1 Å². The fourth-order valence-electron chi connectivity index (χ4n) is 11.6. The number of fused-ring (bicyclic) bond motifs is 8. The number of benzene rings is 10. The van der Waals surface area contributed by atoms with Crippen molar-refractivity contribution < 1.29 is 0 Å². The van der Waals surface area contributed by atoms with Gasteiger partial charge in [-0.25, -0.2) is 0 Å². The second kappa shape index (κ2) is 15.5. The molecule has 4 heteroatoms. The SMILES string of the molecule is CC1(C)c2ccccc2-c2c(-c3ccc4c(c3)B(c3ccccc3)CCN4c3ccccc3)cc(N(c3cccc(-n4c5ccccc5c5ccccc54)c3)c3ccc4ccccc4c3)cc21. The lowest BCUT2D eigenvalue weighted by molar-refractivity contribution is 0.660. The standard InChI is InChI=1S/C63H48BN3/c1-63(2)56-29-14-11-28-54(56)62-55(45-33-35-61-58(39-45)64(46-20-5-3-6-21-46)36-37-65(61)47-22-7-4-8-23-47)41-51(42-57(62)63)66(50-34-32-43-18-9-10-19-44(43)38-50)48-24-17-25-49(40-48)67-59-30-15-12-26-52(59)53-27-13-16-31-60(53)67/h3-35,38-42H,36-37H2,1-2H3. The molecule has 0 saturated carbocycles. The van der Waals surface area contributed by atoms with Gasteiger partial charge in [0.25, 0.3) is 0 Å². The van der Waals surface area contributed by atoms with Gasteiger partial charge in [0.2, 0.25) is 6.71 Å². The van der Waals surface area contributed by atoms with Crippen LogP contribution in [-0.2, 0) is 5.41 Å². The van der Waals surface area contributed by atoms with E-state index in [4.69, 9.17) is 0 Å². The minimum absolute atomic E-state index is 0.235. The summed E-state index contributed by atoms with van der Waals surface area (Å²) in [5, 5.41) is 4.95. The molecule has 0 amide bonds. The van der Waals surface area contributed by atoms with Crippen LogP contribution in [0, 0.1) is 0 Å². The molecule has 0 bridgehead atoms. The normalized spacial score (nSPS) is 13.8. The Labute approximate surface area is 392 Å². The molecule has 0 unspecified atom stereocenters. The van der Waals surface area contributed by atoms with E-state index in [1.807, 2.05) is 0 Å². The Hall–Kier alpha value is -8.08. The summed E-state index contributed by atoms with van der Waals surface area (Å²) in [6.45, 7) is 6.04. The largest absolute Gasteiger partial charge is 0.343 e. The summed E-state index contributed by atoms with van der Waals surface area (Å²) in [6, 6.07) is 85.7. The minimum Gasteiger partial charge on any atom is -0.343 e. The fourth-order valence-corrected chi connectivity index (χ4v) is 11.6. The maximum atomic E-state index is 2.53. The number of rotatable bonds is 7. The third-order valence-corrected chi connectivity index (χ3v) is 14.8. The monoisotopic (exact) mass is 857 g/mol. The number of para-hydroxylation sites is 3. The van der Waals surface area contributed by atoms with Crippen molar-refractivity contribution in [3.63, 3.8) is 0 Å². The number of hydrogen-bond donors (Lipinski definition) is 0. The highest BCUT2D eigenvalue weighted by molar-refractivity contribution is 6.86. The van der Waals surface area contributed by atoms with Crippen LogP contribution >= 0.6 is 0 Å². The van der Waals surface area contributed by atoms with Gasteiger partial charge in [-0.3, -0.25) is 0 Å². The van der Waals surface area contributed by atoms with Crippen molar-refractivity contribution in [3.8, 4) is 27.9 Å². The van der Waals surface area contributed by atoms with Crippen molar-refractivity contribution >= 4 is 78.7 Å². The zero-order chi connectivity index (χ0) is 44.6. The molecule has 13 rings (SSSR count). The first-order valence-electron chi connectivity index (χ1n) is 23.7. The number of anilines is 5. The van der Waals surface area contributed by atoms with Gasteiger partial charge in [0.05, 0.1) is 11.0 Å². The van der Waals surface area contributed by atoms with E-state index in [9.17, 15) is 0 Å². The second-order valence-corrected chi connectivity index (χ2v) is 18.9. The maximum Gasteiger partial charge on any atom is 0.213 e. The Balaban J connectivity index is 1.06. The van der Waals surface area contributed by atoms with Crippen molar-refractivity contribution in [2.45, 2.75) is 25.6 Å². The Morgan fingerprint density at radius 2 is 1.12 bits per heavy atom. The summed E-state index contributed by atoms with van der Waals surface area (Å²) in [5.74, 6) is 0. The molecular formula is C63H48BN3. The van der Waals surface area contributed by atoms with Crippen LogP contribution in [0.4, 0.5) is 28.4 Å². The van der Waals surface area contributed by atoms with E-state index in [1.54, 1.807) is 0 Å². The Morgan fingerprint density at radius 1 is 0.463 bits per heavy atom. The van der Waals surface area contributed by atoms with Gasteiger partial charge >= 0.3 is 0 Å². The van der Waals surface area contributed by atoms with Crippen LogP contribution in [0.3, 0.4) is 0 Å².